The van der Waals surface area contributed by atoms with Gasteiger partial charge in [0, 0.05) is 23.5 Å². The number of rotatable bonds is 4. The Morgan fingerprint density at radius 3 is 2.88 bits per heavy atom. The highest BCUT2D eigenvalue weighted by Crippen LogP contribution is 2.36. The van der Waals surface area contributed by atoms with Crippen molar-refractivity contribution in [3.63, 3.8) is 0 Å². The zero-order chi connectivity index (χ0) is 17.8. The van der Waals surface area contributed by atoms with Gasteiger partial charge in [-0.25, -0.2) is 4.79 Å². The molecule has 3 N–H and O–H groups in total. The van der Waals surface area contributed by atoms with Crippen LogP contribution in [0.25, 0.3) is 10.8 Å². The molecular formula is C18H18N4O4. The number of aromatic nitrogens is 1. The van der Waals surface area contributed by atoms with Crippen molar-refractivity contribution in [2.24, 2.45) is 5.73 Å². The average Bonchev–Trinajstić information content (AvgIpc) is 3.23. The van der Waals surface area contributed by atoms with Crippen LogP contribution in [-0.2, 0) is 4.74 Å². The van der Waals surface area contributed by atoms with Crippen LogP contribution in [0.1, 0.15) is 23.2 Å². The number of hydrogen-bond acceptors (Lipinski definition) is 6. The molecule has 0 spiro atoms. The van der Waals surface area contributed by atoms with Crippen LogP contribution in [0.15, 0.2) is 24.5 Å². The van der Waals surface area contributed by atoms with Crippen LogP contribution >= 0.6 is 0 Å². The molecule has 8 nitrogen and oxygen atoms in total. The lowest BCUT2D eigenvalue weighted by atomic mass is 10.1. The van der Waals surface area contributed by atoms with Crippen molar-refractivity contribution >= 4 is 28.5 Å². The maximum atomic E-state index is 11.8. The molecule has 1 saturated carbocycles. The van der Waals surface area contributed by atoms with E-state index in [-0.39, 0.29) is 24.3 Å². The number of benzene rings is 1. The lowest BCUT2D eigenvalue weighted by Crippen LogP contribution is -2.32. The Bertz CT molecular complexity index is 911. The number of anilines is 1. The van der Waals surface area contributed by atoms with Crippen LogP contribution in [0.3, 0.4) is 0 Å². The molecule has 1 aromatic heterocycles. The summed E-state index contributed by atoms with van der Waals surface area (Å²) in [6.07, 6.45) is 5.12. The Balaban J connectivity index is 1.55. The van der Waals surface area contributed by atoms with E-state index in [1.807, 2.05) is 6.07 Å². The predicted octanol–water partition coefficient (Wildman–Crippen LogP) is 1.17. The van der Waals surface area contributed by atoms with E-state index in [2.05, 4.69) is 15.2 Å². The molecule has 0 bridgehead atoms. The van der Waals surface area contributed by atoms with Crippen molar-refractivity contribution in [2.75, 3.05) is 18.0 Å². The molecule has 2 atom stereocenters. The number of alkyl carbamates (subject to hydrolysis) is 1. The number of nitrogens with zero attached hydrogens (tertiary/aromatic N) is 2. The van der Waals surface area contributed by atoms with Gasteiger partial charge >= 0.3 is 6.09 Å². The average molecular weight is 354 g/mol. The van der Waals surface area contributed by atoms with Gasteiger partial charge in [0.15, 0.2) is 0 Å². The second-order valence-electron chi connectivity index (χ2n) is 7.01. The molecule has 8 heteroatoms. The highest BCUT2D eigenvalue weighted by atomic mass is 16.6. The molecule has 5 rings (SSSR count). The number of nitrogens with two attached hydrogens (primary N) is 1. The first-order valence-electron chi connectivity index (χ1n) is 8.69. The van der Waals surface area contributed by atoms with Crippen LogP contribution in [0.2, 0.25) is 0 Å². The fourth-order valence-corrected chi connectivity index (χ4v) is 3.64. The van der Waals surface area contributed by atoms with Gasteiger partial charge in [0.1, 0.15) is 11.9 Å². The van der Waals surface area contributed by atoms with Gasteiger partial charge in [-0.1, -0.05) is 0 Å². The monoisotopic (exact) mass is 354 g/mol. The number of amides is 2. The summed E-state index contributed by atoms with van der Waals surface area (Å²) < 4.78 is 11.2. The van der Waals surface area contributed by atoms with Crippen molar-refractivity contribution in [3.05, 3.63) is 30.1 Å². The van der Waals surface area contributed by atoms with Gasteiger partial charge in [-0.15, -0.1) is 0 Å². The third-order valence-electron chi connectivity index (χ3n) is 5.09. The minimum absolute atomic E-state index is 0.0233. The molecule has 3 heterocycles. The van der Waals surface area contributed by atoms with Crippen molar-refractivity contribution in [1.82, 2.24) is 10.3 Å². The molecule has 2 aliphatic heterocycles. The quantitative estimate of drug-likeness (QED) is 0.854. The van der Waals surface area contributed by atoms with E-state index in [0.29, 0.717) is 24.4 Å². The molecule has 26 heavy (non-hydrogen) atoms. The molecule has 2 amide bonds. The van der Waals surface area contributed by atoms with Gasteiger partial charge in [0.25, 0.3) is 5.91 Å². The fourth-order valence-electron chi connectivity index (χ4n) is 3.64. The minimum atomic E-state index is -0.514. The second-order valence-corrected chi connectivity index (χ2v) is 7.01. The molecule has 1 aromatic carbocycles. The van der Waals surface area contributed by atoms with Crippen molar-refractivity contribution in [3.8, 4) is 5.75 Å². The largest absolute Gasteiger partial charge is 0.490 e. The van der Waals surface area contributed by atoms with Crippen LogP contribution in [-0.4, -0.2) is 48.3 Å². The van der Waals surface area contributed by atoms with Gasteiger partial charge < -0.3 is 25.4 Å². The minimum Gasteiger partial charge on any atom is -0.490 e. The Hall–Kier alpha value is -3.03. The Morgan fingerprint density at radius 2 is 2.15 bits per heavy atom. The molecule has 1 aliphatic carbocycles. The number of ether oxygens (including phenoxy) is 2. The standard InChI is InChI=1S/C18H18N4O4/c19-17(23)12-3-9-5-20-6-14(11(9)4-15(12)25-10-1-2-10)22-7-13-16(8-22)26-18(24)21-13/h3-6,10,13,16H,1-2,7-8H2,(H2,19,23)(H,21,24)/t13-,16+/m1/s1. The first kappa shape index (κ1) is 15.2. The summed E-state index contributed by atoms with van der Waals surface area (Å²) in [5, 5.41) is 4.58. The van der Waals surface area contributed by atoms with E-state index < -0.39 is 5.91 Å². The van der Waals surface area contributed by atoms with Gasteiger partial charge in [-0.2, -0.15) is 0 Å². The Labute approximate surface area is 149 Å². The lowest BCUT2D eigenvalue weighted by molar-refractivity contribution is 0.0996. The van der Waals surface area contributed by atoms with Gasteiger partial charge in [0.05, 0.1) is 36.1 Å². The fraction of sp³-hybridized carbons (Fsp3) is 0.389. The molecule has 2 aromatic rings. The van der Waals surface area contributed by atoms with Crippen LogP contribution < -0.4 is 20.7 Å². The summed E-state index contributed by atoms with van der Waals surface area (Å²) >= 11 is 0. The Kier molecular flexibility index (Phi) is 3.22. The number of carbonyl (C=O) groups excluding carboxylic acids is 2. The van der Waals surface area contributed by atoms with E-state index in [0.717, 1.165) is 29.3 Å². The smallest absolute Gasteiger partial charge is 0.407 e. The normalized spacial score (nSPS) is 24.3. The van der Waals surface area contributed by atoms with Gasteiger partial charge in [0.2, 0.25) is 0 Å². The number of pyridine rings is 1. The number of primary amides is 1. The van der Waals surface area contributed by atoms with Gasteiger partial charge in [-0.3, -0.25) is 9.78 Å². The summed E-state index contributed by atoms with van der Waals surface area (Å²) in [6, 6.07) is 3.59. The number of carbonyl (C=O) groups is 2. The zero-order valence-corrected chi connectivity index (χ0v) is 14.0. The first-order chi connectivity index (χ1) is 12.6. The zero-order valence-electron chi connectivity index (χ0n) is 14.0. The van der Waals surface area contributed by atoms with Crippen LogP contribution in [0.5, 0.6) is 5.75 Å². The highest BCUT2D eigenvalue weighted by Gasteiger charge is 2.42. The molecule has 0 unspecified atom stereocenters. The van der Waals surface area contributed by atoms with E-state index in [1.54, 1.807) is 18.5 Å². The van der Waals surface area contributed by atoms with E-state index >= 15 is 0 Å². The molecule has 134 valence electrons. The van der Waals surface area contributed by atoms with Crippen molar-refractivity contribution in [2.45, 2.75) is 31.1 Å². The third kappa shape index (κ3) is 2.49. The number of fused-ring (bicyclic) bond motifs is 2. The van der Waals surface area contributed by atoms with Crippen LogP contribution in [0, 0.1) is 0 Å². The summed E-state index contributed by atoms with van der Waals surface area (Å²) in [6.45, 7) is 1.24. The topological polar surface area (TPSA) is 107 Å². The van der Waals surface area contributed by atoms with E-state index in [9.17, 15) is 9.59 Å². The van der Waals surface area contributed by atoms with E-state index in [4.69, 9.17) is 15.2 Å². The first-order valence-corrected chi connectivity index (χ1v) is 8.69. The summed E-state index contributed by atoms with van der Waals surface area (Å²) in [4.78, 5) is 29.6. The second kappa shape index (κ2) is 5.48. The van der Waals surface area contributed by atoms with Crippen molar-refractivity contribution in [1.29, 1.82) is 0 Å². The number of nitrogens with one attached hydrogen (secondary N) is 1. The summed E-state index contributed by atoms with van der Waals surface area (Å²) in [5.74, 6) is 0.00339. The summed E-state index contributed by atoms with van der Waals surface area (Å²) in [5.41, 5.74) is 6.83. The molecule has 0 radical (unpaired) electrons. The maximum absolute atomic E-state index is 11.8. The third-order valence-corrected chi connectivity index (χ3v) is 5.09. The van der Waals surface area contributed by atoms with E-state index in [1.165, 1.54) is 0 Å². The molecule has 2 saturated heterocycles. The van der Waals surface area contributed by atoms with Crippen molar-refractivity contribution < 1.29 is 19.1 Å². The molecule has 3 aliphatic rings. The lowest BCUT2D eigenvalue weighted by Gasteiger charge is -2.21. The number of hydrogen-bond donors (Lipinski definition) is 2. The SMILES string of the molecule is NC(=O)c1cc2cncc(N3C[C@@H]4OC(=O)N[C@@H]4C3)c2cc1OC1CC1. The highest BCUT2D eigenvalue weighted by molar-refractivity contribution is 6.03. The molecule has 3 fully saturated rings. The summed E-state index contributed by atoms with van der Waals surface area (Å²) in [7, 11) is 0. The Morgan fingerprint density at radius 1 is 1.31 bits per heavy atom. The molecular weight excluding hydrogens is 336 g/mol. The van der Waals surface area contributed by atoms with Crippen LogP contribution in [0.4, 0.5) is 10.5 Å². The predicted molar refractivity (Wildman–Crippen MR) is 93.3 cm³/mol. The maximum Gasteiger partial charge on any atom is 0.407 e. The van der Waals surface area contributed by atoms with Gasteiger partial charge in [-0.05, 0) is 25.0 Å².